The second kappa shape index (κ2) is 6.59. The number of nitrogens with zero attached hydrogens (tertiary/aromatic N) is 1. The average molecular weight is 274 g/mol. The summed E-state index contributed by atoms with van der Waals surface area (Å²) in [6.07, 6.45) is 5.48. The summed E-state index contributed by atoms with van der Waals surface area (Å²) in [5.74, 6) is 0.985. The van der Waals surface area contributed by atoms with Crippen molar-refractivity contribution in [3.05, 3.63) is 30.3 Å². The molecule has 1 aromatic rings. The lowest BCUT2D eigenvalue weighted by Gasteiger charge is -2.45. The maximum absolute atomic E-state index is 5.83. The molecule has 3 heteroatoms. The zero-order valence-electron chi connectivity index (χ0n) is 12.3. The first-order valence-electron chi connectivity index (χ1n) is 7.97. The van der Waals surface area contributed by atoms with E-state index in [0.717, 1.165) is 18.9 Å². The molecule has 110 valence electrons. The van der Waals surface area contributed by atoms with E-state index in [-0.39, 0.29) is 0 Å². The Morgan fingerprint density at radius 2 is 2.00 bits per heavy atom. The van der Waals surface area contributed by atoms with Crippen LogP contribution in [0.4, 0.5) is 0 Å². The van der Waals surface area contributed by atoms with Crippen molar-refractivity contribution in [3.63, 3.8) is 0 Å². The Kier molecular flexibility index (Phi) is 4.58. The first kappa shape index (κ1) is 13.9. The normalized spacial score (nSPS) is 27.6. The molecule has 3 nitrogen and oxygen atoms in total. The van der Waals surface area contributed by atoms with E-state index in [1.807, 2.05) is 30.3 Å². The molecule has 1 aromatic carbocycles. The van der Waals surface area contributed by atoms with E-state index in [2.05, 4.69) is 10.2 Å². The number of nitrogens with one attached hydrogen (secondary N) is 1. The van der Waals surface area contributed by atoms with Crippen molar-refractivity contribution in [2.75, 3.05) is 39.3 Å². The fraction of sp³-hybridized carbons (Fsp3) is 0.647. The van der Waals surface area contributed by atoms with Crippen molar-refractivity contribution in [3.8, 4) is 5.75 Å². The Morgan fingerprint density at radius 1 is 1.15 bits per heavy atom. The molecular weight excluding hydrogens is 248 g/mol. The van der Waals surface area contributed by atoms with E-state index in [4.69, 9.17) is 4.74 Å². The standard InChI is InChI=1S/C17H26N2O/c1-2-6-16(7-3-1)20-13-12-19-11-5-9-17(15-19)8-4-10-18-14-17/h1-3,6-7,18H,4-5,8-15H2. The summed E-state index contributed by atoms with van der Waals surface area (Å²) < 4.78 is 5.83. The lowest BCUT2D eigenvalue weighted by Crippen LogP contribution is -2.51. The largest absolute Gasteiger partial charge is 0.492 e. The van der Waals surface area contributed by atoms with Crippen molar-refractivity contribution in [1.82, 2.24) is 10.2 Å². The maximum atomic E-state index is 5.83. The molecule has 1 spiro atoms. The van der Waals surface area contributed by atoms with Gasteiger partial charge in [-0.1, -0.05) is 18.2 Å². The molecule has 1 atom stereocenters. The third-order valence-corrected chi connectivity index (χ3v) is 4.72. The zero-order valence-corrected chi connectivity index (χ0v) is 12.3. The van der Waals surface area contributed by atoms with Crippen LogP contribution >= 0.6 is 0 Å². The number of likely N-dealkylation sites (tertiary alicyclic amines) is 1. The minimum Gasteiger partial charge on any atom is -0.492 e. The summed E-state index contributed by atoms with van der Waals surface area (Å²) in [4.78, 5) is 2.60. The number of hydrogen-bond acceptors (Lipinski definition) is 3. The molecule has 0 aromatic heterocycles. The number of hydrogen-bond donors (Lipinski definition) is 1. The van der Waals surface area contributed by atoms with Crippen LogP contribution in [0.1, 0.15) is 25.7 Å². The first-order valence-corrected chi connectivity index (χ1v) is 7.97. The van der Waals surface area contributed by atoms with Gasteiger partial charge in [0.2, 0.25) is 0 Å². The third kappa shape index (κ3) is 3.53. The second-order valence-electron chi connectivity index (χ2n) is 6.32. The minimum atomic E-state index is 0.545. The van der Waals surface area contributed by atoms with Gasteiger partial charge in [-0.05, 0) is 56.3 Å². The monoisotopic (exact) mass is 274 g/mol. The van der Waals surface area contributed by atoms with Crippen molar-refractivity contribution in [2.24, 2.45) is 5.41 Å². The summed E-state index contributed by atoms with van der Waals surface area (Å²) in [6, 6.07) is 10.1. The van der Waals surface area contributed by atoms with Gasteiger partial charge in [-0.15, -0.1) is 0 Å². The molecule has 0 aliphatic carbocycles. The van der Waals surface area contributed by atoms with Crippen molar-refractivity contribution in [1.29, 1.82) is 0 Å². The number of ether oxygens (including phenoxy) is 1. The van der Waals surface area contributed by atoms with Gasteiger partial charge >= 0.3 is 0 Å². The SMILES string of the molecule is c1ccc(OCCN2CCCC3(CCCNC3)C2)cc1. The molecule has 2 aliphatic heterocycles. The van der Waals surface area contributed by atoms with Gasteiger partial charge < -0.3 is 10.1 Å². The Balaban J connectivity index is 1.45. The van der Waals surface area contributed by atoms with E-state index < -0.39 is 0 Å². The van der Waals surface area contributed by atoms with Gasteiger partial charge in [0, 0.05) is 19.6 Å². The van der Waals surface area contributed by atoms with Crippen LogP contribution < -0.4 is 10.1 Å². The van der Waals surface area contributed by atoms with Crippen molar-refractivity contribution >= 4 is 0 Å². The van der Waals surface area contributed by atoms with Crippen LogP contribution in [0.5, 0.6) is 5.75 Å². The van der Waals surface area contributed by atoms with Gasteiger partial charge in [-0.3, -0.25) is 4.90 Å². The Labute approximate surface area is 122 Å². The fourth-order valence-electron chi connectivity index (χ4n) is 3.69. The van der Waals surface area contributed by atoms with E-state index >= 15 is 0 Å². The van der Waals surface area contributed by atoms with Gasteiger partial charge in [-0.25, -0.2) is 0 Å². The summed E-state index contributed by atoms with van der Waals surface area (Å²) in [6.45, 7) is 6.75. The van der Waals surface area contributed by atoms with Crippen LogP contribution in [0, 0.1) is 5.41 Å². The maximum Gasteiger partial charge on any atom is 0.119 e. The summed E-state index contributed by atoms with van der Waals surface area (Å²) >= 11 is 0. The smallest absolute Gasteiger partial charge is 0.119 e. The van der Waals surface area contributed by atoms with Gasteiger partial charge in [0.1, 0.15) is 12.4 Å². The van der Waals surface area contributed by atoms with Crippen LogP contribution in [0.15, 0.2) is 30.3 Å². The highest BCUT2D eigenvalue weighted by Gasteiger charge is 2.36. The highest BCUT2D eigenvalue weighted by Crippen LogP contribution is 2.35. The summed E-state index contributed by atoms with van der Waals surface area (Å²) in [5.41, 5.74) is 0.545. The third-order valence-electron chi connectivity index (χ3n) is 4.72. The van der Waals surface area contributed by atoms with Crippen LogP contribution in [0.2, 0.25) is 0 Å². The molecule has 0 saturated carbocycles. The molecule has 1 unspecified atom stereocenters. The predicted molar refractivity (Wildman–Crippen MR) is 82.1 cm³/mol. The summed E-state index contributed by atoms with van der Waals surface area (Å²) in [5, 5.41) is 3.59. The van der Waals surface area contributed by atoms with E-state index in [1.54, 1.807) is 0 Å². The van der Waals surface area contributed by atoms with Crippen LogP contribution in [0.3, 0.4) is 0 Å². The van der Waals surface area contributed by atoms with Crippen molar-refractivity contribution in [2.45, 2.75) is 25.7 Å². The quantitative estimate of drug-likeness (QED) is 0.913. The van der Waals surface area contributed by atoms with E-state index in [1.165, 1.54) is 51.9 Å². The van der Waals surface area contributed by atoms with Crippen LogP contribution in [0.25, 0.3) is 0 Å². The predicted octanol–water partition coefficient (Wildman–Crippen LogP) is 2.53. The molecule has 20 heavy (non-hydrogen) atoms. The molecule has 1 N–H and O–H groups in total. The minimum absolute atomic E-state index is 0.545. The average Bonchev–Trinajstić information content (AvgIpc) is 2.49. The Bertz CT molecular complexity index is 395. The topological polar surface area (TPSA) is 24.5 Å². The lowest BCUT2D eigenvalue weighted by molar-refractivity contribution is 0.0563. The molecular formula is C17H26N2O. The van der Waals surface area contributed by atoms with Gasteiger partial charge in [0.05, 0.1) is 0 Å². The lowest BCUT2D eigenvalue weighted by atomic mass is 9.74. The van der Waals surface area contributed by atoms with Gasteiger partial charge in [0.15, 0.2) is 0 Å². The molecule has 3 rings (SSSR count). The number of rotatable bonds is 4. The highest BCUT2D eigenvalue weighted by atomic mass is 16.5. The summed E-state index contributed by atoms with van der Waals surface area (Å²) in [7, 11) is 0. The molecule has 0 amide bonds. The number of piperidine rings is 2. The molecule has 0 radical (unpaired) electrons. The Morgan fingerprint density at radius 3 is 2.80 bits per heavy atom. The molecule has 2 saturated heterocycles. The van der Waals surface area contributed by atoms with E-state index in [0.29, 0.717) is 5.41 Å². The fourth-order valence-corrected chi connectivity index (χ4v) is 3.69. The first-order chi connectivity index (χ1) is 9.86. The number of benzene rings is 1. The van der Waals surface area contributed by atoms with Crippen LogP contribution in [-0.4, -0.2) is 44.2 Å². The molecule has 2 aliphatic rings. The Hall–Kier alpha value is -1.06. The van der Waals surface area contributed by atoms with Crippen LogP contribution in [-0.2, 0) is 0 Å². The molecule has 2 heterocycles. The van der Waals surface area contributed by atoms with Crippen molar-refractivity contribution < 1.29 is 4.74 Å². The molecule has 0 bridgehead atoms. The zero-order chi connectivity index (χ0) is 13.7. The highest BCUT2D eigenvalue weighted by molar-refractivity contribution is 5.20. The second-order valence-corrected chi connectivity index (χ2v) is 6.32. The van der Waals surface area contributed by atoms with Gasteiger partial charge in [-0.2, -0.15) is 0 Å². The molecule has 2 fully saturated rings. The number of para-hydroxylation sites is 1. The van der Waals surface area contributed by atoms with E-state index in [9.17, 15) is 0 Å². The van der Waals surface area contributed by atoms with Gasteiger partial charge in [0.25, 0.3) is 0 Å².